The molecule has 0 fully saturated rings. The van der Waals surface area contributed by atoms with Crippen molar-refractivity contribution in [1.82, 2.24) is 4.90 Å². The van der Waals surface area contributed by atoms with Crippen molar-refractivity contribution in [3.8, 4) is 0 Å². The molecular formula is C11H8BrNO2. The van der Waals surface area contributed by atoms with Gasteiger partial charge < -0.3 is 0 Å². The molecule has 15 heavy (non-hydrogen) atoms. The number of amides is 2. The number of benzene rings is 1. The van der Waals surface area contributed by atoms with Crippen LogP contribution in [0.4, 0.5) is 0 Å². The van der Waals surface area contributed by atoms with Crippen molar-refractivity contribution >= 4 is 27.7 Å². The van der Waals surface area contributed by atoms with Crippen LogP contribution in [0.25, 0.3) is 0 Å². The molecule has 0 radical (unpaired) electrons. The van der Waals surface area contributed by atoms with Crippen LogP contribution in [-0.2, 0) is 16.1 Å². The van der Waals surface area contributed by atoms with Crippen molar-refractivity contribution in [1.29, 1.82) is 0 Å². The van der Waals surface area contributed by atoms with E-state index in [1.165, 1.54) is 17.1 Å². The minimum Gasteiger partial charge on any atom is -0.271 e. The summed E-state index contributed by atoms with van der Waals surface area (Å²) in [7, 11) is 0. The lowest BCUT2D eigenvalue weighted by molar-refractivity contribution is -0.137. The highest BCUT2D eigenvalue weighted by atomic mass is 79.9. The van der Waals surface area contributed by atoms with Gasteiger partial charge in [0.25, 0.3) is 11.8 Å². The average Bonchev–Trinajstić information content (AvgIpc) is 2.50. The van der Waals surface area contributed by atoms with E-state index in [9.17, 15) is 9.59 Å². The zero-order valence-electron chi connectivity index (χ0n) is 7.81. The third-order valence-corrected chi connectivity index (χ3v) is 2.62. The van der Waals surface area contributed by atoms with E-state index < -0.39 is 0 Å². The van der Waals surface area contributed by atoms with E-state index in [1.54, 1.807) is 0 Å². The standard InChI is InChI=1S/C11H8BrNO2/c12-9-3-1-2-8(6-9)7-13-10(14)4-5-11(13)15/h1-6H,7H2. The van der Waals surface area contributed by atoms with Crippen LogP contribution < -0.4 is 0 Å². The van der Waals surface area contributed by atoms with E-state index in [0.717, 1.165) is 10.0 Å². The van der Waals surface area contributed by atoms with Gasteiger partial charge in [-0.1, -0.05) is 28.1 Å². The molecule has 0 saturated carbocycles. The zero-order valence-corrected chi connectivity index (χ0v) is 9.40. The number of nitrogens with zero attached hydrogens (tertiary/aromatic N) is 1. The van der Waals surface area contributed by atoms with Crippen molar-refractivity contribution < 1.29 is 9.59 Å². The monoisotopic (exact) mass is 265 g/mol. The van der Waals surface area contributed by atoms with Gasteiger partial charge in [0, 0.05) is 16.6 Å². The highest BCUT2D eigenvalue weighted by Crippen LogP contribution is 2.15. The summed E-state index contributed by atoms with van der Waals surface area (Å²) in [5.41, 5.74) is 0.926. The van der Waals surface area contributed by atoms with Gasteiger partial charge in [0.1, 0.15) is 0 Å². The summed E-state index contributed by atoms with van der Waals surface area (Å²) in [6.45, 7) is 0.324. The fourth-order valence-electron chi connectivity index (χ4n) is 1.40. The van der Waals surface area contributed by atoms with E-state index in [0.29, 0.717) is 6.54 Å². The summed E-state index contributed by atoms with van der Waals surface area (Å²) in [4.78, 5) is 23.8. The summed E-state index contributed by atoms with van der Waals surface area (Å²) >= 11 is 3.34. The number of halogens is 1. The SMILES string of the molecule is O=C1C=CC(=O)N1Cc1cccc(Br)c1. The summed E-state index contributed by atoms with van der Waals surface area (Å²) in [5, 5.41) is 0. The number of hydrogen-bond acceptors (Lipinski definition) is 2. The van der Waals surface area contributed by atoms with Crippen LogP contribution in [0.1, 0.15) is 5.56 Å². The summed E-state index contributed by atoms with van der Waals surface area (Å²) in [5.74, 6) is -0.500. The number of carbonyl (C=O) groups is 2. The van der Waals surface area contributed by atoms with Crippen molar-refractivity contribution in [2.75, 3.05) is 0 Å². The highest BCUT2D eigenvalue weighted by molar-refractivity contribution is 9.10. The smallest absolute Gasteiger partial charge is 0.253 e. The number of rotatable bonds is 2. The maximum Gasteiger partial charge on any atom is 0.253 e. The third kappa shape index (κ3) is 2.15. The molecule has 4 heteroatoms. The molecule has 0 aliphatic carbocycles. The van der Waals surface area contributed by atoms with Crippen LogP contribution in [0.5, 0.6) is 0 Å². The lowest BCUT2D eigenvalue weighted by Crippen LogP contribution is -2.29. The molecule has 2 amide bonds. The molecule has 0 bridgehead atoms. The maximum absolute atomic E-state index is 11.3. The molecule has 0 unspecified atom stereocenters. The van der Waals surface area contributed by atoms with Crippen LogP contribution in [0, 0.1) is 0 Å². The second-order valence-electron chi connectivity index (χ2n) is 3.23. The molecule has 1 aliphatic rings. The normalized spacial score (nSPS) is 15.1. The fraction of sp³-hybridized carbons (Fsp3) is 0.0909. The summed E-state index contributed by atoms with van der Waals surface area (Å²) in [6, 6.07) is 7.54. The minimum atomic E-state index is -0.250. The Bertz CT molecular complexity index is 436. The fourth-order valence-corrected chi connectivity index (χ4v) is 1.85. The molecule has 1 aliphatic heterocycles. The summed E-state index contributed by atoms with van der Waals surface area (Å²) < 4.78 is 0.937. The molecule has 0 atom stereocenters. The molecule has 0 aromatic heterocycles. The quantitative estimate of drug-likeness (QED) is 0.766. The van der Waals surface area contributed by atoms with Gasteiger partial charge in [-0.15, -0.1) is 0 Å². The third-order valence-electron chi connectivity index (χ3n) is 2.13. The maximum atomic E-state index is 11.3. The molecule has 0 N–H and O–H groups in total. The van der Waals surface area contributed by atoms with Crippen LogP contribution >= 0.6 is 15.9 Å². The Morgan fingerprint density at radius 1 is 1.13 bits per heavy atom. The topological polar surface area (TPSA) is 37.4 Å². The Balaban J connectivity index is 2.16. The first-order valence-corrected chi connectivity index (χ1v) is 5.24. The number of carbonyl (C=O) groups excluding carboxylic acids is 2. The van der Waals surface area contributed by atoms with Crippen LogP contribution in [0.15, 0.2) is 40.9 Å². The van der Waals surface area contributed by atoms with Gasteiger partial charge in [0.2, 0.25) is 0 Å². The van der Waals surface area contributed by atoms with Gasteiger partial charge in [-0.2, -0.15) is 0 Å². The summed E-state index contributed by atoms with van der Waals surface area (Å²) in [6.07, 6.45) is 2.58. The van der Waals surface area contributed by atoms with Crippen LogP contribution in [0.2, 0.25) is 0 Å². The van der Waals surface area contributed by atoms with E-state index >= 15 is 0 Å². The van der Waals surface area contributed by atoms with Crippen molar-refractivity contribution in [3.05, 3.63) is 46.5 Å². The van der Waals surface area contributed by atoms with E-state index in [2.05, 4.69) is 15.9 Å². The Morgan fingerprint density at radius 2 is 1.80 bits per heavy atom. The first-order valence-electron chi connectivity index (χ1n) is 4.45. The Labute approximate surface area is 95.5 Å². The zero-order chi connectivity index (χ0) is 10.8. The van der Waals surface area contributed by atoms with Gasteiger partial charge in [0.05, 0.1) is 6.54 Å². The molecule has 76 valence electrons. The molecule has 1 heterocycles. The van der Waals surface area contributed by atoms with Gasteiger partial charge in [-0.3, -0.25) is 14.5 Å². The van der Waals surface area contributed by atoms with Gasteiger partial charge in [-0.25, -0.2) is 0 Å². The number of imide groups is 1. The second kappa shape index (κ2) is 3.98. The molecule has 2 rings (SSSR count). The Morgan fingerprint density at radius 3 is 2.40 bits per heavy atom. The molecule has 1 aromatic rings. The predicted molar refractivity (Wildman–Crippen MR) is 58.8 cm³/mol. The lowest BCUT2D eigenvalue weighted by atomic mass is 10.2. The molecule has 1 aromatic carbocycles. The first-order chi connectivity index (χ1) is 7.16. The van der Waals surface area contributed by atoms with E-state index in [1.807, 2.05) is 24.3 Å². The number of hydrogen-bond donors (Lipinski definition) is 0. The Hall–Kier alpha value is -1.42. The van der Waals surface area contributed by atoms with Gasteiger partial charge >= 0.3 is 0 Å². The van der Waals surface area contributed by atoms with Crippen LogP contribution in [0.3, 0.4) is 0 Å². The molecular weight excluding hydrogens is 258 g/mol. The highest BCUT2D eigenvalue weighted by Gasteiger charge is 2.22. The second-order valence-corrected chi connectivity index (χ2v) is 4.14. The molecule has 0 saturated heterocycles. The largest absolute Gasteiger partial charge is 0.271 e. The average molecular weight is 266 g/mol. The van der Waals surface area contributed by atoms with Gasteiger partial charge in [-0.05, 0) is 17.7 Å². The van der Waals surface area contributed by atoms with Crippen molar-refractivity contribution in [2.45, 2.75) is 6.54 Å². The molecule has 3 nitrogen and oxygen atoms in total. The minimum absolute atomic E-state index is 0.250. The first kappa shape index (κ1) is 10.1. The van der Waals surface area contributed by atoms with Crippen molar-refractivity contribution in [3.63, 3.8) is 0 Å². The van der Waals surface area contributed by atoms with Gasteiger partial charge in [0.15, 0.2) is 0 Å². The van der Waals surface area contributed by atoms with Crippen molar-refractivity contribution in [2.24, 2.45) is 0 Å². The van der Waals surface area contributed by atoms with E-state index in [-0.39, 0.29) is 11.8 Å². The Kier molecular flexibility index (Phi) is 2.68. The van der Waals surface area contributed by atoms with E-state index in [4.69, 9.17) is 0 Å². The van der Waals surface area contributed by atoms with Crippen LogP contribution in [-0.4, -0.2) is 16.7 Å². The lowest BCUT2D eigenvalue weighted by Gasteiger charge is -2.13. The predicted octanol–water partition coefficient (Wildman–Crippen LogP) is 1.87. The molecule has 0 spiro atoms.